The van der Waals surface area contributed by atoms with Gasteiger partial charge in [0.2, 0.25) is 0 Å². The summed E-state index contributed by atoms with van der Waals surface area (Å²) in [6.45, 7) is 2.17. The van der Waals surface area contributed by atoms with Crippen molar-refractivity contribution in [3.8, 4) is 0 Å². The van der Waals surface area contributed by atoms with Gasteiger partial charge in [0.1, 0.15) is 4.99 Å². The van der Waals surface area contributed by atoms with Crippen molar-refractivity contribution in [2.24, 2.45) is 5.73 Å². The number of alkyl halides is 3. The number of thiocarbonyl (C=S) groups is 1. The third kappa shape index (κ3) is 4.35. The number of anilines is 1. The third-order valence-electron chi connectivity index (χ3n) is 2.90. The van der Waals surface area contributed by atoms with E-state index in [1.165, 1.54) is 12.1 Å². The number of nitrogens with two attached hydrogens (primary N) is 1. The summed E-state index contributed by atoms with van der Waals surface area (Å²) in [6.07, 6.45) is -4.45. The molecule has 0 saturated heterocycles. The smallest absolute Gasteiger partial charge is 0.393 e. The summed E-state index contributed by atoms with van der Waals surface area (Å²) in [6, 6.07) is 3.67. The van der Waals surface area contributed by atoms with Crippen LogP contribution in [0.15, 0.2) is 18.2 Å². The minimum Gasteiger partial charge on any atom is -0.393 e. The number of rotatable bonds is 5. The van der Waals surface area contributed by atoms with Crippen molar-refractivity contribution in [2.75, 3.05) is 18.5 Å². The van der Waals surface area contributed by atoms with Crippen LogP contribution >= 0.6 is 12.2 Å². The summed E-state index contributed by atoms with van der Waals surface area (Å²) >= 11 is 4.69. The van der Waals surface area contributed by atoms with E-state index in [4.69, 9.17) is 18.0 Å². The maximum Gasteiger partial charge on any atom is 0.417 e. The zero-order valence-corrected chi connectivity index (χ0v) is 12.1. The van der Waals surface area contributed by atoms with Crippen LogP contribution in [0.3, 0.4) is 0 Å². The Bertz CT molecular complexity index is 489. The van der Waals surface area contributed by atoms with Crippen LogP contribution in [-0.4, -0.2) is 29.8 Å². The average molecular weight is 306 g/mol. The molecule has 1 unspecified atom stereocenters. The molecule has 3 nitrogen and oxygen atoms in total. The Morgan fingerprint density at radius 1 is 1.45 bits per heavy atom. The molecule has 20 heavy (non-hydrogen) atoms. The summed E-state index contributed by atoms with van der Waals surface area (Å²) in [5.41, 5.74) is 4.92. The van der Waals surface area contributed by atoms with Gasteiger partial charge in [-0.05, 0) is 31.5 Å². The molecule has 1 aromatic carbocycles. The molecule has 0 saturated carbocycles. The van der Waals surface area contributed by atoms with Gasteiger partial charge in [-0.2, -0.15) is 13.2 Å². The molecule has 0 radical (unpaired) electrons. The molecule has 0 aliphatic rings. The van der Waals surface area contributed by atoms with Crippen LogP contribution in [0.4, 0.5) is 18.9 Å². The molecule has 0 amide bonds. The SMILES string of the molecule is CC(O)CCN(C)c1ccc(C(F)(F)F)c(C(N)=S)c1. The Morgan fingerprint density at radius 2 is 2.05 bits per heavy atom. The van der Waals surface area contributed by atoms with Gasteiger partial charge in [0.05, 0.1) is 11.7 Å². The minimum atomic E-state index is -4.49. The molecule has 0 heterocycles. The van der Waals surface area contributed by atoms with Crippen LogP contribution in [0.2, 0.25) is 0 Å². The second kappa shape index (κ2) is 6.41. The van der Waals surface area contributed by atoms with Gasteiger partial charge in [-0.1, -0.05) is 12.2 Å². The van der Waals surface area contributed by atoms with E-state index in [2.05, 4.69) is 0 Å². The van der Waals surface area contributed by atoms with Gasteiger partial charge in [0.15, 0.2) is 0 Å². The number of hydrogen-bond donors (Lipinski definition) is 2. The first-order valence-corrected chi connectivity index (χ1v) is 6.44. The monoisotopic (exact) mass is 306 g/mol. The maximum absolute atomic E-state index is 12.8. The normalized spacial score (nSPS) is 13.1. The number of aliphatic hydroxyl groups is 1. The highest BCUT2D eigenvalue weighted by molar-refractivity contribution is 7.80. The first-order chi connectivity index (χ1) is 9.12. The molecule has 0 aromatic heterocycles. The van der Waals surface area contributed by atoms with E-state index < -0.39 is 17.8 Å². The summed E-state index contributed by atoms with van der Waals surface area (Å²) in [4.78, 5) is 1.46. The molecule has 1 rings (SSSR count). The Labute approximate surface area is 121 Å². The molecule has 112 valence electrons. The van der Waals surface area contributed by atoms with Crippen molar-refractivity contribution in [2.45, 2.75) is 25.6 Å². The molecular formula is C13H17F3N2OS. The fourth-order valence-corrected chi connectivity index (χ4v) is 1.90. The predicted octanol–water partition coefficient (Wildman–Crippen LogP) is 2.55. The Hall–Kier alpha value is -1.34. The van der Waals surface area contributed by atoms with Crippen LogP contribution in [0.25, 0.3) is 0 Å². The predicted molar refractivity (Wildman–Crippen MR) is 76.9 cm³/mol. The average Bonchev–Trinajstić information content (AvgIpc) is 2.33. The van der Waals surface area contributed by atoms with Gasteiger partial charge in [-0.15, -0.1) is 0 Å². The highest BCUT2D eigenvalue weighted by atomic mass is 32.1. The molecule has 0 fully saturated rings. The fraction of sp³-hybridized carbons (Fsp3) is 0.462. The summed E-state index contributed by atoms with van der Waals surface area (Å²) < 4.78 is 38.5. The lowest BCUT2D eigenvalue weighted by molar-refractivity contribution is -0.137. The van der Waals surface area contributed by atoms with Crippen molar-refractivity contribution in [3.63, 3.8) is 0 Å². The maximum atomic E-state index is 12.8. The molecule has 0 aliphatic heterocycles. The second-order valence-corrected chi connectivity index (χ2v) is 5.09. The number of hydrogen-bond acceptors (Lipinski definition) is 3. The lowest BCUT2D eigenvalue weighted by Crippen LogP contribution is -2.23. The summed E-state index contributed by atoms with van der Waals surface area (Å²) in [7, 11) is 1.73. The van der Waals surface area contributed by atoms with Crippen molar-refractivity contribution in [1.82, 2.24) is 0 Å². The van der Waals surface area contributed by atoms with Crippen molar-refractivity contribution >= 4 is 22.9 Å². The lowest BCUT2D eigenvalue weighted by atomic mass is 10.1. The van der Waals surface area contributed by atoms with Crippen LogP contribution in [0.1, 0.15) is 24.5 Å². The molecular weight excluding hydrogens is 289 g/mol. The number of benzene rings is 1. The van der Waals surface area contributed by atoms with Crippen molar-refractivity contribution in [3.05, 3.63) is 29.3 Å². The van der Waals surface area contributed by atoms with Crippen molar-refractivity contribution in [1.29, 1.82) is 0 Å². The quantitative estimate of drug-likeness (QED) is 0.821. The van der Waals surface area contributed by atoms with E-state index in [9.17, 15) is 18.3 Å². The largest absolute Gasteiger partial charge is 0.417 e. The fourth-order valence-electron chi connectivity index (χ4n) is 1.73. The Kier molecular flexibility index (Phi) is 5.35. The second-order valence-electron chi connectivity index (χ2n) is 4.65. The van der Waals surface area contributed by atoms with Crippen LogP contribution in [-0.2, 0) is 6.18 Å². The molecule has 0 aliphatic carbocycles. The molecule has 7 heteroatoms. The van der Waals surface area contributed by atoms with Gasteiger partial charge in [-0.3, -0.25) is 0 Å². The van der Waals surface area contributed by atoms with Crippen molar-refractivity contribution < 1.29 is 18.3 Å². The van der Waals surface area contributed by atoms with Gasteiger partial charge in [-0.25, -0.2) is 0 Å². The highest BCUT2D eigenvalue weighted by Crippen LogP contribution is 2.33. The lowest BCUT2D eigenvalue weighted by Gasteiger charge is -2.22. The molecule has 0 bridgehead atoms. The standard InChI is InChI=1S/C13H17F3N2OS/c1-8(19)5-6-18(2)9-3-4-11(13(14,15)16)10(7-9)12(17)20/h3-4,7-8,19H,5-6H2,1-2H3,(H2,17,20). The molecule has 1 atom stereocenters. The van der Waals surface area contributed by atoms with Gasteiger partial charge < -0.3 is 15.7 Å². The van der Waals surface area contributed by atoms with E-state index in [1.807, 2.05) is 0 Å². The first kappa shape index (κ1) is 16.7. The van der Waals surface area contributed by atoms with E-state index >= 15 is 0 Å². The summed E-state index contributed by atoms with van der Waals surface area (Å²) in [5.74, 6) is 0. The van der Waals surface area contributed by atoms with Gasteiger partial charge in [0, 0.05) is 24.8 Å². The zero-order chi connectivity index (χ0) is 15.5. The molecule has 3 N–H and O–H groups in total. The first-order valence-electron chi connectivity index (χ1n) is 6.03. The van der Waals surface area contributed by atoms with E-state index in [-0.39, 0.29) is 10.6 Å². The molecule has 1 aromatic rings. The number of nitrogens with zero attached hydrogens (tertiary/aromatic N) is 1. The van der Waals surface area contributed by atoms with Crippen LogP contribution < -0.4 is 10.6 Å². The highest BCUT2D eigenvalue weighted by Gasteiger charge is 2.34. The third-order valence-corrected chi connectivity index (χ3v) is 3.12. The summed E-state index contributed by atoms with van der Waals surface area (Å²) in [5, 5.41) is 9.23. The number of aliphatic hydroxyl groups excluding tert-OH is 1. The van der Waals surface area contributed by atoms with E-state index in [1.54, 1.807) is 18.9 Å². The Balaban J connectivity index is 3.08. The molecule has 0 spiro atoms. The zero-order valence-electron chi connectivity index (χ0n) is 11.2. The minimum absolute atomic E-state index is 0.186. The van der Waals surface area contributed by atoms with Crippen LogP contribution in [0.5, 0.6) is 0 Å². The van der Waals surface area contributed by atoms with Gasteiger partial charge >= 0.3 is 6.18 Å². The van der Waals surface area contributed by atoms with Crippen LogP contribution in [0, 0.1) is 0 Å². The number of halogens is 3. The topological polar surface area (TPSA) is 49.5 Å². The Morgan fingerprint density at radius 3 is 2.50 bits per heavy atom. The van der Waals surface area contributed by atoms with E-state index in [0.29, 0.717) is 18.7 Å². The van der Waals surface area contributed by atoms with E-state index in [0.717, 1.165) is 6.07 Å². The van der Waals surface area contributed by atoms with Gasteiger partial charge in [0.25, 0.3) is 0 Å².